The summed E-state index contributed by atoms with van der Waals surface area (Å²) in [6, 6.07) is 12.0. The quantitative estimate of drug-likeness (QED) is 0.647. The average Bonchev–Trinajstić information content (AvgIpc) is 2.65. The van der Waals surface area contributed by atoms with Crippen molar-refractivity contribution in [3.63, 3.8) is 0 Å². The molecule has 2 aromatic rings. The zero-order valence-corrected chi connectivity index (χ0v) is 17.7. The second-order valence-corrected chi connectivity index (χ2v) is 9.06. The van der Waals surface area contributed by atoms with Crippen LogP contribution in [-0.2, 0) is 21.4 Å². The molecule has 0 atom stereocenters. The van der Waals surface area contributed by atoms with Crippen LogP contribution in [0.5, 0.6) is 5.75 Å². The third-order valence-corrected chi connectivity index (χ3v) is 5.58. The van der Waals surface area contributed by atoms with Crippen molar-refractivity contribution in [3.05, 3.63) is 58.6 Å². The van der Waals surface area contributed by atoms with Gasteiger partial charge in [-0.25, -0.2) is 13.1 Å². The lowest BCUT2D eigenvalue weighted by Crippen LogP contribution is -2.28. The van der Waals surface area contributed by atoms with Crippen LogP contribution in [0.15, 0.2) is 47.4 Å². The summed E-state index contributed by atoms with van der Waals surface area (Å²) >= 11 is 6.12. The first-order valence-corrected chi connectivity index (χ1v) is 10.8. The molecule has 0 heterocycles. The van der Waals surface area contributed by atoms with E-state index in [0.717, 1.165) is 11.1 Å². The fourth-order valence-corrected chi connectivity index (χ4v) is 3.77. The van der Waals surface area contributed by atoms with Crippen LogP contribution in [0.2, 0.25) is 5.02 Å². The van der Waals surface area contributed by atoms with Crippen molar-refractivity contribution in [2.75, 3.05) is 13.2 Å². The van der Waals surface area contributed by atoms with Crippen LogP contribution in [0, 0.1) is 12.8 Å². The molecule has 0 saturated heterocycles. The highest BCUT2D eigenvalue weighted by atomic mass is 35.5. The van der Waals surface area contributed by atoms with Gasteiger partial charge in [0, 0.05) is 13.1 Å². The van der Waals surface area contributed by atoms with E-state index in [1.807, 2.05) is 45.0 Å². The van der Waals surface area contributed by atoms with Gasteiger partial charge in [0.15, 0.2) is 6.61 Å². The Labute approximate surface area is 171 Å². The topological polar surface area (TPSA) is 84.5 Å². The van der Waals surface area contributed by atoms with E-state index in [1.165, 1.54) is 18.2 Å². The number of carbonyl (C=O) groups is 1. The molecule has 0 fully saturated rings. The van der Waals surface area contributed by atoms with Crippen molar-refractivity contribution < 1.29 is 17.9 Å². The number of sulfonamides is 1. The summed E-state index contributed by atoms with van der Waals surface area (Å²) in [6.07, 6.45) is 0. The minimum absolute atomic E-state index is 0.0503. The maximum absolute atomic E-state index is 12.2. The van der Waals surface area contributed by atoms with E-state index < -0.39 is 10.0 Å². The second kappa shape index (κ2) is 9.91. The summed E-state index contributed by atoms with van der Waals surface area (Å²) in [6.45, 7) is 6.33. The van der Waals surface area contributed by atoms with Gasteiger partial charge in [-0.1, -0.05) is 55.3 Å². The number of aryl methyl sites for hydroxylation is 1. The summed E-state index contributed by atoms with van der Waals surface area (Å²) in [5.74, 6) is 0.133. The van der Waals surface area contributed by atoms with Crippen LogP contribution in [-0.4, -0.2) is 27.5 Å². The van der Waals surface area contributed by atoms with Crippen LogP contribution in [0.1, 0.15) is 25.0 Å². The van der Waals surface area contributed by atoms with Crippen molar-refractivity contribution in [1.82, 2.24) is 10.0 Å². The fraction of sp³-hybridized carbons (Fsp3) is 0.350. The molecule has 0 aliphatic rings. The highest BCUT2D eigenvalue weighted by Crippen LogP contribution is 2.27. The lowest BCUT2D eigenvalue weighted by molar-refractivity contribution is -0.123. The third-order valence-electron chi connectivity index (χ3n) is 3.86. The monoisotopic (exact) mass is 424 g/mol. The van der Waals surface area contributed by atoms with Gasteiger partial charge in [-0.3, -0.25) is 4.79 Å². The Morgan fingerprint density at radius 1 is 1.14 bits per heavy atom. The highest BCUT2D eigenvalue weighted by molar-refractivity contribution is 7.89. The Bertz CT molecular complexity index is 912. The molecule has 28 heavy (non-hydrogen) atoms. The molecule has 8 heteroatoms. The van der Waals surface area contributed by atoms with E-state index in [-0.39, 0.29) is 34.1 Å². The fourth-order valence-electron chi connectivity index (χ4n) is 2.23. The van der Waals surface area contributed by atoms with Crippen LogP contribution in [0.3, 0.4) is 0 Å². The molecule has 0 aliphatic carbocycles. The van der Waals surface area contributed by atoms with Crippen LogP contribution >= 0.6 is 11.6 Å². The molecule has 1 amide bonds. The number of nitrogens with one attached hydrogen (secondary N) is 2. The van der Waals surface area contributed by atoms with Gasteiger partial charge in [0.2, 0.25) is 10.0 Å². The minimum Gasteiger partial charge on any atom is -0.482 e. The predicted octanol–water partition coefficient (Wildman–Crippen LogP) is 3.28. The van der Waals surface area contributed by atoms with Gasteiger partial charge in [-0.15, -0.1) is 0 Å². The molecule has 152 valence electrons. The maximum Gasteiger partial charge on any atom is 0.258 e. The van der Waals surface area contributed by atoms with Gasteiger partial charge in [-0.2, -0.15) is 0 Å². The normalized spacial score (nSPS) is 11.5. The molecule has 2 aromatic carbocycles. The molecular weight excluding hydrogens is 400 g/mol. The molecule has 0 unspecified atom stereocenters. The van der Waals surface area contributed by atoms with Crippen molar-refractivity contribution >= 4 is 27.5 Å². The Hall–Kier alpha value is -2.09. The SMILES string of the molecule is Cc1ccc(CNC(=O)COc2ccc(S(=O)(=O)NCC(C)C)cc2Cl)cc1. The Morgan fingerprint density at radius 3 is 2.43 bits per heavy atom. The first-order valence-electron chi connectivity index (χ1n) is 8.91. The van der Waals surface area contributed by atoms with E-state index >= 15 is 0 Å². The van der Waals surface area contributed by atoms with E-state index in [2.05, 4.69) is 10.0 Å². The van der Waals surface area contributed by atoms with Crippen molar-refractivity contribution in [2.24, 2.45) is 5.92 Å². The van der Waals surface area contributed by atoms with Gasteiger partial charge in [0.25, 0.3) is 5.91 Å². The highest BCUT2D eigenvalue weighted by Gasteiger charge is 2.16. The van der Waals surface area contributed by atoms with Crippen LogP contribution < -0.4 is 14.8 Å². The molecule has 0 saturated carbocycles. The molecule has 2 rings (SSSR count). The zero-order valence-electron chi connectivity index (χ0n) is 16.2. The third kappa shape index (κ3) is 6.82. The number of hydrogen-bond donors (Lipinski definition) is 2. The molecular formula is C20H25ClN2O4S. The number of benzene rings is 2. The molecule has 0 radical (unpaired) electrons. The lowest BCUT2D eigenvalue weighted by atomic mass is 10.1. The summed E-state index contributed by atoms with van der Waals surface area (Å²) in [5, 5.41) is 2.88. The number of ether oxygens (including phenoxy) is 1. The summed E-state index contributed by atoms with van der Waals surface area (Å²) in [5.41, 5.74) is 2.14. The molecule has 0 aliphatic heterocycles. The van der Waals surface area contributed by atoms with Crippen LogP contribution in [0.25, 0.3) is 0 Å². The molecule has 2 N–H and O–H groups in total. The van der Waals surface area contributed by atoms with Crippen LogP contribution in [0.4, 0.5) is 0 Å². The number of rotatable bonds is 9. The molecule has 0 aromatic heterocycles. The molecule has 0 spiro atoms. The first kappa shape index (κ1) is 22.2. The second-order valence-electron chi connectivity index (χ2n) is 6.89. The zero-order chi connectivity index (χ0) is 20.7. The van der Waals surface area contributed by atoms with Crippen molar-refractivity contribution in [1.29, 1.82) is 0 Å². The maximum atomic E-state index is 12.2. The summed E-state index contributed by atoms with van der Waals surface area (Å²) < 4.78 is 32.4. The Balaban J connectivity index is 1.90. The van der Waals surface area contributed by atoms with E-state index in [1.54, 1.807) is 0 Å². The number of carbonyl (C=O) groups excluding carboxylic acids is 1. The first-order chi connectivity index (χ1) is 13.2. The Kier molecular flexibility index (Phi) is 7.86. The Morgan fingerprint density at radius 2 is 1.82 bits per heavy atom. The number of amides is 1. The van der Waals surface area contributed by atoms with Gasteiger partial charge in [-0.05, 0) is 36.6 Å². The van der Waals surface area contributed by atoms with Crippen molar-refractivity contribution in [3.8, 4) is 5.75 Å². The summed E-state index contributed by atoms with van der Waals surface area (Å²) in [7, 11) is -3.64. The number of halogens is 1. The standard InChI is InChI=1S/C20H25ClN2O4S/c1-14(2)11-23-28(25,26)17-8-9-19(18(21)10-17)27-13-20(24)22-12-16-6-4-15(3)5-7-16/h4-10,14,23H,11-13H2,1-3H3,(H,22,24). The van der Waals surface area contributed by atoms with Gasteiger partial charge < -0.3 is 10.1 Å². The summed E-state index contributed by atoms with van der Waals surface area (Å²) in [4.78, 5) is 12.0. The smallest absolute Gasteiger partial charge is 0.258 e. The van der Waals surface area contributed by atoms with Gasteiger partial charge >= 0.3 is 0 Å². The average molecular weight is 425 g/mol. The number of hydrogen-bond acceptors (Lipinski definition) is 4. The van der Waals surface area contributed by atoms with Gasteiger partial charge in [0.1, 0.15) is 5.75 Å². The predicted molar refractivity (Wildman–Crippen MR) is 110 cm³/mol. The molecule has 0 bridgehead atoms. The van der Waals surface area contributed by atoms with Crippen molar-refractivity contribution in [2.45, 2.75) is 32.2 Å². The lowest BCUT2D eigenvalue weighted by Gasteiger charge is -2.12. The molecule has 6 nitrogen and oxygen atoms in total. The minimum atomic E-state index is -3.64. The van der Waals surface area contributed by atoms with Gasteiger partial charge in [0.05, 0.1) is 9.92 Å². The van der Waals surface area contributed by atoms with E-state index in [9.17, 15) is 13.2 Å². The van der Waals surface area contributed by atoms with E-state index in [0.29, 0.717) is 13.1 Å². The largest absolute Gasteiger partial charge is 0.482 e. The van der Waals surface area contributed by atoms with E-state index in [4.69, 9.17) is 16.3 Å².